The van der Waals surface area contributed by atoms with Crippen LogP contribution < -0.4 is 0 Å². The van der Waals surface area contributed by atoms with Crippen molar-refractivity contribution in [1.82, 2.24) is 4.90 Å². The van der Waals surface area contributed by atoms with Gasteiger partial charge in [0.25, 0.3) is 0 Å². The van der Waals surface area contributed by atoms with Gasteiger partial charge in [0.15, 0.2) is 0 Å². The Morgan fingerprint density at radius 3 is 1.46 bits per heavy atom. The van der Waals surface area contributed by atoms with E-state index in [1.54, 1.807) is 0 Å². The largest absolute Gasteiger partial charge is 0.466 e. The van der Waals surface area contributed by atoms with E-state index in [2.05, 4.69) is 25.7 Å². The standard InChI is InChI=1S/C40H79NO5/c1-4-7-10-12-21-28-37-45-39(43)31-24-18-16-20-27-34-41(35-36-42)33-26-19-15-13-14-17-25-32-40(44)46-38(29-22-9-6-3)30-23-11-8-5-2/h38,42H,4-37H2,1-3H3. The Labute approximate surface area is 286 Å². The highest BCUT2D eigenvalue weighted by Gasteiger charge is 2.14. The molecule has 0 aromatic heterocycles. The van der Waals surface area contributed by atoms with Crippen LogP contribution in [0.25, 0.3) is 0 Å². The van der Waals surface area contributed by atoms with Crippen molar-refractivity contribution >= 4 is 11.9 Å². The molecular formula is C40H79NO5. The number of esters is 2. The summed E-state index contributed by atoms with van der Waals surface area (Å²) >= 11 is 0. The summed E-state index contributed by atoms with van der Waals surface area (Å²) in [7, 11) is 0. The molecule has 0 rings (SSSR count). The number of ether oxygens (including phenoxy) is 2. The molecule has 6 heteroatoms. The van der Waals surface area contributed by atoms with Crippen LogP contribution in [0, 0.1) is 0 Å². The quantitative estimate of drug-likeness (QED) is 0.0531. The first-order valence-corrected chi connectivity index (χ1v) is 20.3. The van der Waals surface area contributed by atoms with Crippen molar-refractivity contribution in [3.05, 3.63) is 0 Å². The minimum Gasteiger partial charge on any atom is -0.466 e. The molecule has 0 saturated carbocycles. The average molecular weight is 654 g/mol. The molecule has 0 aromatic carbocycles. The number of aliphatic hydroxyl groups is 1. The molecule has 0 heterocycles. The molecule has 1 N–H and O–H groups in total. The van der Waals surface area contributed by atoms with Gasteiger partial charge in [-0.1, -0.05) is 136 Å². The molecule has 0 aliphatic rings. The maximum Gasteiger partial charge on any atom is 0.306 e. The second-order valence-corrected chi connectivity index (χ2v) is 13.8. The molecule has 6 nitrogen and oxygen atoms in total. The molecule has 0 saturated heterocycles. The molecule has 0 amide bonds. The zero-order valence-corrected chi connectivity index (χ0v) is 31.1. The summed E-state index contributed by atoms with van der Waals surface area (Å²) in [5, 5.41) is 9.49. The summed E-state index contributed by atoms with van der Waals surface area (Å²) < 4.78 is 11.3. The number of unbranched alkanes of at least 4 members (excludes halogenated alkanes) is 20. The fourth-order valence-electron chi connectivity index (χ4n) is 6.17. The fraction of sp³-hybridized carbons (Fsp3) is 0.950. The molecule has 0 spiro atoms. The van der Waals surface area contributed by atoms with Crippen molar-refractivity contribution in [3.63, 3.8) is 0 Å². The number of nitrogens with zero attached hydrogens (tertiary/aromatic N) is 1. The van der Waals surface area contributed by atoms with Gasteiger partial charge in [0.05, 0.1) is 13.2 Å². The summed E-state index contributed by atoms with van der Waals surface area (Å²) in [4.78, 5) is 26.8. The predicted octanol–water partition coefficient (Wildman–Crippen LogP) is 11.1. The first kappa shape index (κ1) is 44.9. The lowest BCUT2D eigenvalue weighted by Crippen LogP contribution is -2.29. The number of hydrogen-bond acceptors (Lipinski definition) is 6. The highest BCUT2D eigenvalue weighted by Crippen LogP contribution is 2.17. The van der Waals surface area contributed by atoms with Gasteiger partial charge in [-0.15, -0.1) is 0 Å². The number of carbonyl (C=O) groups is 2. The normalized spacial score (nSPS) is 12.1. The monoisotopic (exact) mass is 654 g/mol. The van der Waals surface area contributed by atoms with E-state index in [9.17, 15) is 14.7 Å². The summed E-state index contributed by atoms with van der Waals surface area (Å²) in [6, 6.07) is 0. The van der Waals surface area contributed by atoms with E-state index in [1.165, 1.54) is 116 Å². The van der Waals surface area contributed by atoms with Gasteiger partial charge in [-0.25, -0.2) is 0 Å². The van der Waals surface area contributed by atoms with Crippen LogP contribution in [0.15, 0.2) is 0 Å². The Morgan fingerprint density at radius 2 is 0.913 bits per heavy atom. The highest BCUT2D eigenvalue weighted by atomic mass is 16.5. The molecule has 46 heavy (non-hydrogen) atoms. The predicted molar refractivity (Wildman–Crippen MR) is 195 cm³/mol. The Morgan fingerprint density at radius 1 is 0.500 bits per heavy atom. The third kappa shape index (κ3) is 32.8. The molecule has 0 fully saturated rings. The molecule has 1 unspecified atom stereocenters. The van der Waals surface area contributed by atoms with Crippen LogP contribution in [0.1, 0.15) is 207 Å². The molecule has 0 bridgehead atoms. The van der Waals surface area contributed by atoms with Crippen molar-refractivity contribution in [2.24, 2.45) is 0 Å². The van der Waals surface area contributed by atoms with E-state index in [0.29, 0.717) is 19.4 Å². The van der Waals surface area contributed by atoms with Crippen molar-refractivity contribution in [2.75, 3.05) is 32.8 Å². The summed E-state index contributed by atoms with van der Waals surface area (Å²) in [5.74, 6) is -0.0166. The molecule has 0 aliphatic heterocycles. The maximum atomic E-state index is 12.4. The van der Waals surface area contributed by atoms with Gasteiger partial charge < -0.3 is 19.5 Å². The average Bonchev–Trinajstić information content (AvgIpc) is 3.04. The Bertz CT molecular complexity index is 643. The van der Waals surface area contributed by atoms with E-state index in [1.807, 2.05) is 0 Å². The second-order valence-electron chi connectivity index (χ2n) is 13.8. The zero-order chi connectivity index (χ0) is 33.8. The molecule has 0 aromatic rings. The Hall–Kier alpha value is -1.14. The van der Waals surface area contributed by atoms with Gasteiger partial charge in [0.1, 0.15) is 6.10 Å². The third-order valence-electron chi connectivity index (χ3n) is 9.20. The fourth-order valence-corrected chi connectivity index (χ4v) is 6.17. The second kappa shape index (κ2) is 36.7. The lowest BCUT2D eigenvalue weighted by molar-refractivity contribution is -0.150. The number of aliphatic hydroxyl groups excluding tert-OH is 1. The van der Waals surface area contributed by atoms with Gasteiger partial charge in [0, 0.05) is 19.4 Å². The molecule has 0 radical (unpaired) electrons. The smallest absolute Gasteiger partial charge is 0.306 e. The first-order valence-electron chi connectivity index (χ1n) is 20.3. The molecule has 1 atom stereocenters. The van der Waals surface area contributed by atoms with Crippen molar-refractivity contribution < 1.29 is 24.2 Å². The Kier molecular flexibility index (Phi) is 35.8. The van der Waals surface area contributed by atoms with Crippen molar-refractivity contribution in [1.29, 1.82) is 0 Å². The Balaban J connectivity index is 3.76. The molecular weight excluding hydrogens is 574 g/mol. The summed E-state index contributed by atoms with van der Waals surface area (Å²) in [6.07, 6.45) is 32.8. The van der Waals surface area contributed by atoms with E-state index in [4.69, 9.17) is 9.47 Å². The number of hydrogen-bond donors (Lipinski definition) is 1. The van der Waals surface area contributed by atoms with Crippen molar-refractivity contribution in [2.45, 2.75) is 213 Å². The highest BCUT2D eigenvalue weighted by molar-refractivity contribution is 5.69. The lowest BCUT2D eigenvalue weighted by atomic mass is 10.0. The lowest BCUT2D eigenvalue weighted by Gasteiger charge is -2.21. The SMILES string of the molecule is CCCCCCCCOC(=O)CCCCCCCN(CCO)CCCCCCCCCC(=O)OC(CCCCC)CCCCCC. The van der Waals surface area contributed by atoms with E-state index in [0.717, 1.165) is 77.4 Å². The topological polar surface area (TPSA) is 76.1 Å². The van der Waals surface area contributed by atoms with E-state index in [-0.39, 0.29) is 24.6 Å². The third-order valence-corrected chi connectivity index (χ3v) is 9.20. The summed E-state index contributed by atoms with van der Waals surface area (Å²) in [5.41, 5.74) is 0. The van der Waals surface area contributed by atoms with Gasteiger partial charge in [-0.2, -0.15) is 0 Å². The number of carbonyl (C=O) groups excluding carboxylic acids is 2. The minimum absolute atomic E-state index is 0.0137. The van der Waals surface area contributed by atoms with Crippen LogP contribution in [0.3, 0.4) is 0 Å². The zero-order valence-electron chi connectivity index (χ0n) is 31.1. The molecule has 274 valence electrons. The minimum atomic E-state index is -0.0302. The maximum absolute atomic E-state index is 12.4. The van der Waals surface area contributed by atoms with Crippen LogP contribution in [-0.4, -0.2) is 60.9 Å². The van der Waals surface area contributed by atoms with Gasteiger partial charge >= 0.3 is 11.9 Å². The van der Waals surface area contributed by atoms with Crippen LogP contribution in [-0.2, 0) is 19.1 Å². The van der Waals surface area contributed by atoms with Crippen LogP contribution in [0.4, 0.5) is 0 Å². The number of rotatable bonds is 37. The van der Waals surface area contributed by atoms with Crippen LogP contribution in [0.2, 0.25) is 0 Å². The molecule has 0 aliphatic carbocycles. The van der Waals surface area contributed by atoms with Crippen molar-refractivity contribution in [3.8, 4) is 0 Å². The van der Waals surface area contributed by atoms with Gasteiger partial charge in [0.2, 0.25) is 0 Å². The van der Waals surface area contributed by atoms with Crippen LogP contribution in [0.5, 0.6) is 0 Å². The summed E-state index contributed by atoms with van der Waals surface area (Å²) in [6.45, 7) is 10.4. The van der Waals surface area contributed by atoms with Gasteiger partial charge in [-0.3, -0.25) is 9.59 Å². The van der Waals surface area contributed by atoms with Crippen LogP contribution >= 0.6 is 0 Å². The van der Waals surface area contributed by atoms with Gasteiger partial charge in [-0.05, 0) is 70.9 Å². The van der Waals surface area contributed by atoms with E-state index >= 15 is 0 Å². The van der Waals surface area contributed by atoms with E-state index < -0.39 is 0 Å². The first-order chi connectivity index (χ1) is 22.6.